The molecule has 0 radical (unpaired) electrons. The number of aryl methyl sites for hydroxylation is 2. The van der Waals surface area contributed by atoms with Crippen molar-refractivity contribution in [1.29, 1.82) is 0 Å². The first-order chi connectivity index (χ1) is 10.8. The molecule has 2 aromatic rings. The van der Waals surface area contributed by atoms with Gasteiger partial charge in [-0.1, -0.05) is 12.1 Å². The van der Waals surface area contributed by atoms with Crippen LogP contribution in [0.5, 0.6) is 0 Å². The number of ether oxygens (including phenoxy) is 1. The largest absolute Gasteiger partial charge is 0.449 e. The first-order valence-electron chi connectivity index (χ1n) is 7.31. The van der Waals surface area contributed by atoms with Crippen molar-refractivity contribution in [2.75, 3.05) is 11.1 Å². The van der Waals surface area contributed by atoms with Crippen molar-refractivity contribution in [2.45, 2.75) is 26.9 Å². The van der Waals surface area contributed by atoms with Gasteiger partial charge < -0.3 is 15.8 Å². The van der Waals surface area contributed by atoms with Crippen molar-refractivity contribution >= 4 is 23.3 Å². The number of benzene rings is 2. The highest BCUT2D eigenvalue weighted by Crippen LogP contribution is 2.15. The van der Waals surface area contributed by atoms with E-state index in [1.807, 2.05) is 32.0 Å². The average Bonchev–Trinajstić information content (AvgIpc) is 2.45. The Morgan fingerprint density at radius 2 is 1.74 bits per heavy atom. The molecule has 0 saturated heterocycles. The second-order valence-corrected chi connectivity index (χ2v) is 5.54. The molecule has 0 aliphatic rings. The van der Waals surface area contributed by atoms with Crippen LogP contribution < -0.4 is 11.1 Å². The number of hydrogen-bond donors (Lipinski definition) is 2. The van der Waals surface area contributed by atoms with Gasteiger partial charge in [0.2, 0.25) is 0 Å². The summed E-state index contributed by atoms with van der Waals surface area (Å²) in [6.07, 6.45) is -0.912. The zero-order valence-electron chi connectivity index (χ0n) is 13.4. The Bertz CT molecular complexity index is 721. The summed E-state index contributed by atoms with van der Waals surface area (Å²) in [5.74, 6) is -0.965. The molecule has 1 atom stereocenters. The highest BCUT2D eigenvalue weighted by Gasteiger charge is 2.19. The van der Waals surface area contributed by atoms with Crippen LogP contribution in [0.2, 0.25) is 0 Å². The third-order valence-corrected chi connectivity index (χ3v) is 3.26. The van der Waals surface area contributed by atoms with E-state index in [1.54, 1.807) is 18.2 Å². The summed E-state index contributed by atoms with van der Waals surface area (Å²) in [5, 5.41) is 2.75. The highest BCUT2D eigenvalue weighted by atomic mass is 16.5. The molecule has 0 bridgehead atoms. The molecule has 23 heavy (non-hydrogen) atoms. The van der Waals surface area contributed by atoms with Crippen LogP contribution in [0.3, 0.4) is 0 Å². The van der Waals surface area contributed by atoms with Crippen LogP contribution in [-0.2, 0) is 9.53 Å². The van der Waals surface area contributed by atoms with Gasteiger partial charge in [0.05, 0.1) is 5.56 Å². The molecule has 0 aliphatic heterocycles. The topological polar surface area (TPSA) is 81.4 Å². The summed E-state index contributed by atoms with van der Waals surface area (Å²) in [6, 6.07) is 12.2. The normalized spacial score (nSPS) is 11.6. The predicted molar refractivity (Wildman–Crippen MR) is 90.3 cm³/mol. The van der Waals surface area contributed by atoms with E-state index in [0.29, 0.717) is 16.9 Å². The van der Waals surface area contributed by atoms with E-state index < -0.39 is 12.1 Å². The first kappa shape index (κ1) is 16.5. The van der Waals surface area contributed by atoms with E-state index in [1.165, 1.54) is 13.0 Å². The Balaban J connectivity index is 2.01. The minimum absolute atomic E-state index is 0.316. The molecule has 5 nitrogen and oxygen atoms in total. The number of esters is 1. The highest BCUT2D eigenvalue weighted by molar-refractivity contribution is 5.97. The number of hydrogen-bond acceptors (Lipinski definition) is 4. The molecule has 0 aromatic heterocycles. The molecule has 2 aromatic carbocycles. The molecule has 2 rings (SSSR count). The Morgan fingerprint density at radius 1 is 1.09 bits per heavy atom. The molecule has 5 heteroatoms. The SMILES string of the molecule is Cc1cc(C)cc(NC(=O)C(C)OC(=O)c2cccc(N)c2)c1. The van der Waals surface area contributed by atoms with Crippen LogP contribution in [0.15, 0.2) is 42.5 Å². The Labute approximate surface area is 135 Å². The third kappa shape index (κ3) is 4.57. The second kappa shape index (κ2) is 6.96. The summed E-state index contributed by atoms with van der Waals surface area (Å²) in [5.41, 5.74) is 9.18. The average molecular weight is 312 g/mol. The number of nitrogen functional groups attached to an aromatic ring is 1. The van der Waals surface area contributed by atoms with Crippen LogP contribution in [0.4, 0.5) is 11.4 Å². The van der Waals surface area contributed by atoms with Gasteiger partial charge in [-0.15, -0.1) is 0 Å². The zero-order chi connectivity index (χ0) is 17.0. The van der Waals surface area contributed by atoms with Crippen LogP contribution in [0.25, 0.3) is 0 Å². The molecule has 0 heterocycles. The standard InChI is InChI=1S/C18H20N2O3/c1-11-7-12(2)9-16(8-11)20-17(21)13(3)23-18(22)14-5-4-6-15(19)10-14/h4-10,13H,19H2,1-3H3,(H,20,21). The Kier molecular flexibility index (Phi) is 5.01. The fourth-order valence-electron chi connectivity index (χ4n) is 2.24. The van der Waals surface area contributed by atoms with Gasteiger partial charge in [-0.25, -0.2) is 4.79 Å². The van der Waals surface area contributed by atoms with E-state index in [4.69, 9.17) is 10.5 Å². The summed E-state index contributed by atoms with van der Waals surface area (Å²) >= 11 is 0. The first-order valence-corrected chi connectivity index (χ1v) is 7.31. The summed E-state index contributed by atoms with van der Waals surface area (Å²) in [6.45, 7) is 5.43. The van der Waals surface area contributed by atoms with Gasteiger partial charge in [-0.3, -0.25) is 4.79 Å². The van der Waals surface area contributed by atoms with Gasteiger partial charge in [0.15, 0.2) is 6.10 Å². The van der Waals surface area contributed by atoms with Gasteiger partial charge in [0, 0.05) is 11.4 Å². The van der Waals surface area contributed by atoms with Crippen LogP contribution >= 0.6 is 0 Å². The van der Waals surface area contributed by atoms with Gasteiger partial charge in [-0.05, 0) is 62.2 Å². The lowest BCUT2D eigenvalue weighted by atomic mass is 10.1. The Morgan fingerprint density at radius 3 is 2.35 bits per heavy atom. The molecule has 0 saturated carbocycles. The Hall–Kier alpha value is -2.82. The second-order valence-electron chi connectivity index (χ2n) is 5.54. The van der Waals surface area contributed by atoms with E-state index in [2.05, 4.69) is 5.32 Å². The number of anilines is 2. The lowest BCUT2D eigenvalue weighted by Gasteiger charge is -2.14. The van der Waals surface area contributed by atoms with Gasteiger partial charge in [0.1, 0.15) is 0 Å². The monoisotopic (exact) mass is 312 g/mol. The fourth-order valence-corrected chi connectivity index (χ4v) is 2.24. The van der Waals surface area contributed by atoms with E-state index in [0.717, 1.165) is 11.1 Å². The van der Waals surface area contributed by atoms with Crippen molar-refractivity contribution < 1.29 is 14.3 Å². The predicted octanol–water partition coefficient (Wildman–Crippen LogP) is 3.07. The van der Waals surface area contributed by atoms with Gasteiger partial charge in [0.25, 0.3) is 5.91 Å². The van der Waals surface area contributed by atoms with Gasteiger partial charge >= 0.3 is 5.97 Å². The lowest BCUT2D eigenvalue weighted by molar-refractivity contribution is -0.123. The maximum Gasteiger partial charge on any atom is 0.338 e. The number of amides is 1. The molecule has 0 spiro atoms. The van der Waals surface area contributed by atoms with E-state index >= 15 is 0 Å². The van der Waals surface area contributed by atoms with Gasteiger partial charge in [-0.2, -0.15) is 0 Å². The minimum atomic E-state index is -0.912. The van der Waals surface area contributed by atoms with Crippen molar-refractivity contribution in [2.24, 2.45) is 0 Å². The molecular formula is C18H20N2O3. The summed E-state index contributed by atoms with van der Waals surface area (Å²) < 4.78 is 5.18. The minimum Gasteiger partial charge on any atom is -0.449 e. The van der Waals surface area contributed by atoms with Crippen molar-refractivity contribution in [3.63, 3.8) is 0 Å². The summed E-state index contributed by atoms with van der Waals surface area (Å²) in [4.78, 5) is 24.2. The number of carbonyl (C=O) groups is 2. The number of nitrogens with two attached hydrogens (primary N) is 1. The maximum atomic E-state index is 12.2. The quantitative estimate of drug-likeness (QED) is 0.671. The molecule has 0 fully saturated rings. The van der Waals surface area contributed by atoms with Crippen LogP contribution in [0.1, 0.15) is 28.4 Å². The number of nitrogens with one attached hydrogen (secondary N) is 1. The zero-order valence-corrected chi connectivity index (χ0v) is 13.4. The maximum absolute atomic E-state index is 12.2. The van der Waals surface area contributed by atoms with Crippen LogP contribution in [0, 0.1) is 13.8 Å². The molecular weight excluding hydrogens is 292 g/mol. The lowest BCUT2D eigenvalue weighted by Crippen LogP contribution is -2.30. The van der Waals surface area contributed by atoms with Crippen molar-refractivity contribution in [3.8, 4) is 0 Å². The van der Waals surface area contributed by atoms with Crippen molar-refractivity contribution in [1.82, 2.24) is 0 Å². The molecule has 0 aliphatic carbocycles. The summed E-state index contributed by atoms with van der Waals surface area (Å²) in [7, 11) is 0. The number of carbonyl (C=O) groups excluding carboxylic acids is 2. The van der Waals surface area contributed by atoms with E-state index in [-0.39, 0.29) is 5.91 Å². The number of rotatable bonds is 4. The van der Waals surface area contributed by atoms with E-state index in [9.17, 15) is 9.59 Å². The molecule has 1 unspecified atom stereocenters. The van der Waals surface area contributed by atoms with Crippen molar-refractivity contribution in [3.05, 3.63) is 59.2 Å². The molecule has 120 valence electrons. The molecule has 1 amide bonds. The molecule has 3 N–H and O–H groups in total. The fraction of sp³-hybridized carbons (Fsp3) is 0.222. The smallest absolute Gasteiger partial charge is 0.338 e. The third-order valence-electron chi connectivity index (χ3n) is 3.26. The van der Waals surface area contributed by atoms with Crippen LogP contribution in [-0.4, -0.2) is 18.0 Å².